The van der Waals surface area contributed by atoms with Gasteiger partial charge in [0.1, 0.15) is 12.1 Å². The smallest absolute Gasteiger partial charge is 0.324 e. The molecule has 1 fully saturated rings. The summed E-state index contributed by atoms with van der Waals surface area (Å²) < 4.78 is 14.8. The van der Waals surface area contributed by atoms with Crippen molar-refractivity contribution in [3.05, 3.63) is 42.6 Å². The third-order valence-electron chi connectivity index (χ3n) is 4.35. The Kier molecular flexibility index (Phi) is 4.22. The number of aromatic nitrogens is 2. The zero-order valence-corrected chi connectivity index (χ0v) is 12.7. The summed E-state index contributed by atoms with van der Waals surface area (Å²) in [7, 11) is 1.85. The van der Waals surface area contributed by atoms with Gasteiger partial charge >= 0.3 is 6.03 Å². The molecular formula is C17H20FN3O. The average molecular weight is 301 g/mol. The van der Waals surface area contributed by atoms with Gasteiger partial charge in [-0.1, -0.05) is 31.4 Å². The first-order valence-electron chi connectivity index (χ1n) is 7.72. The summed E-state index contributed by atoms with van der Waals surface area (Å²) in [5.74, 6) is -0.308. The monoisotopic (exact) mass is 301 g/mol. The van der Waals surface area contributed by atoms with Crippen LogP contribution in [0.1, 0.15) is 32.1 Å². The Balaban J connectivity index is 1.76. The second-order valence-corrected chi connectivity index (χ2v) is 5.86. The molecule has 0 atom stereocenters. The van der Waals surface area contributed by atoms with Crippen molar-refractivity contribution in [2.24, 2.45) is 0 Å². The molecule has 0 aliphatic heterocycles. The molecule has 3 rings (SSSR count). The lowest BCUT2D eigenvalue weighted by Gasteiger charge is -2.31. The molecule has 1 aromatic heterocycles. The number of rotatable bonds is 2. The van der Waals surface area contributed by atoms with Crippen LogP contribution in [0.3, 0.4) is 0 Å². The van der Waals surface area contributed by atoms with Gasteiger partial charge in [0.05, 0.1) is 5.69 Å². The molecule has 116 valence electrons. The van der Waals surface area contributed by atoms with E-state index in [-0.39, 0.29) is 11.8 Å². The minimum atomic E-state index is -0.308. The number of halogens is 1. The number of amides is 1. The Morgan fingerprint density at radius 1 is 1.32 bits per heavy atom. The lowest BCUT2D eigenvalue weighted by Crippen LogP contribution is -2.40. The summed E-state index contributed by atoms with van der Waals surface area (Å²) in [5, 5.41) is 0. The van der Waals surface area contributed by atoms with Crippen LogP contribution in [0.25, 0.3) is 11.3 Å². The van der Waals surface area contributed by atoms with Crippen molar-refractivity contribution in [3.8, 4) is 11.3 Å². The number of benzene rings is 1. The summed E-state index contributed by atoms with van der Waals surface area (Å²) >= 11 is 0. The van der Waals surface area contributed by atoms with Gasteiger partial charge in [0.2, 0.25) is 0 Å². The van der Waals surface area contributed by atoms with Crippen LogP contribution >= 0.6 is 0 Å². The number of carbonyl (C=O) groups is 1. The van der Waals surface area contributed by atoms with Gasteiger partial charge in [-0.25, -0.2) is 14.2 Å². The summed E-state index contributed by atoms with van der Waals surface area (Å²) in [6, 6.07) is 6.46. The fraction of sp³-hybridized carbons (Fsp3) is 0.412. The maximum atomic E-state index is 13.3. The van der Waals surface area contributed by atoms with E-state index in [1.54, 1.807) is 23.2 Å². The van der Waals surface area contributed by atoms with Crippen LogP contribution in [0.5, 0.6) is 0 Å². The quantitative estimate of drug-likeness (QED) is 0.843. The molecule has 1 amide bonds. The van der Waals surface area contributed by atoms with E-state index < -0.39 is 0 Å². The number of carbonyl (C=O) groups excluding carboxylic acids is 1. The SMILES string of the molecule is CN(C(=O)n1cnc(-c2cccc(F)c2)c1)C1CCCCC1. The van der Waals surface area contributed by atoms with Crippen LogP contribution in [0, 0.1) is 5.82 Å². The van der Waals surface area contributed by atoms with E-state index in [0.29, 0.717) is 17.3 Å². The van der Waals surface area contributed by atoms with Gasteiger partial charge in [0.25, 0.3) is 0 Å². The van der Waals surface area contributed by atoms with Crippen LogP contribution < -0.4 is 0 Å². The van der Waals surface area contributed by atoms with E-state index in [9.17, 15) is 9.18 Å². The molecule has 1 heterocycles. The van der Waals surface area contributed by atoms with E-state index in [4.69, 9.17) is 0 Å². The molecule has 22 heavy (non-hydrogen) atoms. The van der Waals surface area contributed by atoms with E-state index >= 15 is 0 Å². The molecular weight excluding hydrogens is 281 g/mol. The van der Waals surface area contributed by atoms with E-state index in [2.05, 4.69) is 4.98 Å². The van der Waals surface area contributed by atoms with Crippen LogP contribution in [-0.4, -0.2) is 33.6 Å². The Hall–Kier alpha value is -2.17. The number of hydrogen-bond acceptors (Lipinski definition) is 2. The Bertz CT molecular complexity index is 661. The highest BCUT2D eigenvalue weighted by atomic mass is 19.1. The van der Waals surface area contributed by atoms with Gasteiger partial charge in [-0.3, -0.25) is 4.57 Å². The normalized spacial score (nSPS) is 15.7. The molecule has 1 saturated carbocycles. The summed E-state index contributed by atoms with van der Waals surface area (Å²) in [6.45, 7) is 0. The largest absolute Gasteiger partial charge is 0.329 e. The number of nitrogens with zero attached hydrogens (tertiary/aromatic N) is 3. The summed E-state index contributed by atoms with van der Waals surface area (Å²) in [4.78, 5) is 18.6. The van der Waals surface area contributed by atoms with Crippen molar-refractivity contribution in [2.45, 2.75) is 38.1 Å². The van der Waals surface area contributed by atoms with Crippen LogP contribution in [-0.2, 0) is 0 Å². The predicted molar refractivity (Wildman–Crippen MR) is 83.1 cm³/mol. The van der Waals surface area contributed by atoms with E-state index in [0.717, 1.165) is 12.8 Å². The molecule has 1 aromatic carbocycles. The first kappa shape index (κ1) is 14.8. The van der Waals surface area contributed by atoms with Gasteiger partial charge < -0.3 is 4.90 Å². The zero-order valence-electron chi connectivity index (χ0n) is 12.7. The molecule has 1 aliphatic carbocycles. The van der Waals surface area contributed by atoms with Crippen molar-refractivity contribution in [1.29, 1.82) is 0 Å². The number of hydrogen-bond donors (Lipinski definition) is 0. The van der Waals surface area contributed by atoms with Crippen molar-refractivity contribution >= 4 is 6.03 Å². The van der Waals surface area contributed by atoms with E-state index in [1.165, 1.54) is 42.3 Å². The Morgan fingerprint density at radius 3 is 2.82 bits per heavy atom. The number of imidazole rings is 1. The van der Waals surface area contributed by atoms with Crippen molar-refractivity contribution < 1.29 is 9.18 Å². The molecule has 0 radical (unpaired) electrons. The first-order valence-corrected chi connectivity index (χ1v) is 7.72. The van der Waals surface area contributed by atoms with Crippen molar-refractivity contribution in [2.75, 3.05) is 7.05 Å². The lowest BCUT2D eigenvalue weighted by atomic mass is 9.95. The van der Waals surface area contributed by atoms with E-state index in [1.807, 2.05) is 7.05 Å². The third-order valence-corrected chi connectivity index (χ3v) is 4.35. The molecule has 5 heteroatoms. The topological polar surface area (TPSA) is 38.1 Å². The molecule has 0 saturated heterocycles. The molecule has 2 aromatic rings. The maximum Gasteiger partial charge on any atom is 0.329 e. The highest BCUT2D eigenvalue weighted by molar-refractivity contribution is 5.78. The van der Waals surface area contributed by atoms with Gasteiger partial charge in [-0.05, 0) is 25.0 Å². The summed E-state index contributed by atoms with van der Waals surface area (Å²) in [5.41, 5.74) is 1.27. The van der Waals surface area contributed by atoms with Gasteiger partial charge in [0.15, 0.2) is 0 Å². The second kappa shape index (κ2) is 6.30. The minimum Gasteiger partial charge on any atom is -0.324 e. The predicted octanol–water partition coefficient (Wildman–Crippen LogP) is 3.92. The van der Waals surface area contributed by atoms with Gasteiger partial charge in [-0.2, -0.15) is 0 Å². The van der Waals surface area contributed by atoms with Crippen molar-refractivity contribution in [3.63, 3.8) is 0 Å². The molecule has 0 N–H and O–H groups in total. The fourth-order valence-electron chi connectivity index (χ4n) is 3.03. The molecule has 1 aliphatic rings. The average Bonchev–Trinajstić information content (AvgIpc) is 3.04. The summed E-state index contributed by atoms with van der Waals surface area (Å²) in [6.07, 6.45) is 8.91. The van der Waals surface area contributed by atoms with Crippen LogP contribution in [0.2, 0.25) is 0 Å². The standard InChI is InChI=1S/C17H20FN3O/c1-20(15-8-3-2-4-9-15)17(22)21-11-16(19-12-21)13-6-5-7-14(18)10-13/h5-7,10-12,15H,2-4,8-9H2,1H3. The maximum absolute atomic E-state index is 13.3. The Labute approximate surface area is 129 Å². The zero-order chi connectivity index (χ0) is 15.5. The minimum absolute atomic E-state index is 0.0814. The van der Waals surface area contributed by atoms with Crippen LogP contribution in [0.4, 0.5) is 9.18 Å². The first-order chi connectivity index (χ1) is 10.6. The molecule has 0 unspecified atom stereocenters. The molecule has 0 spiro atoms. The molecule has 4 nitrogen and oxygen atoms in total. The van der Waals surface area contributed by atoms with Crippen LogP contribution in [0.15, 0.2) is 36.8 Å². The van der Waals surface area contributed by atoms with Gasteiger partial charge in [-0.15, -0.1) is 0 Å². The fourth-order valence-corrected chi connectivity index (χ4v) is 3.03. The lowest BCUT2D eigenvalue weighted by molar-refractivity contribution is 0.175. The van der Waals surface area contributed by atoms with Gasteiger partial charge in [0, 0.05) is 24.8 Å². The highest BCUT2D eigenvalue weighted by Crippen LogP contribution is 2.23. The Morgan fingerprint density at radius 2 is 2.09 bits per heavy atom. The second-order valence-electron chi connectivity index (χ2n) is 5.86. The highest BCUT2D eigenvalue weighted by Gasteiger charge is 2.23. The third kappa shape index (κ3) is 3.03. The molecule has 0 bridgehead atoms. The van der Waals surface area contributed by atoms with Crippen molar-refractivity contribution in [1.82, 2.24) is 14.5 Å².